The van der Waals surface area contributed by atoms with Crippen LogP contribution >= 0.6 is 8.58 Å². The zero-order valence-electron chi connectivity index (χ0n) is 52.0. The molecule has 0 spiro atoms. The summed E-state index contributed by atoms with van der Waals surface area (Å²) in [5.41, 5.74) is 1.46. The first kappa shape index (κ1) is 86.7. The van der Waals surface area contributed by atoms with Gasteiger partial charge in [0.2, 0.25) is 0 Å². The van der Waals surface area contributed by atoms with E-state index >= 15 is 0 Å². The summed E-state index contributed by atoms with van der Waals surface area (Å²) in [4.78, 5) is 29.8. The van der Waals surface area contributed by atoms with E-state index in [0.29, 0.717) is 22.3 Å². The van der Waals surface area contributed by atoms with Crippen LogP contribution in [0.25, 0.3) is 21.5 Å². The third-order valence-corrected chi connectivity index (χ3v) is 23.8. The molecule has 0 radical (unpaired) electrons. The second-order valence-electron chi connectivity index (χ2n) is 18.9. The number of amidine groups is 4. The molecule has 0 saturated heterocycles. The van der Waals surface area contributed by atoms with Crippen LogP contribution in [0.2, 0.25) is 0 Å². The van der Waals surface area contributed by atoms with E-state index in [1.54, 1.807) is 96.1 Å². The van der Waals surface area contributed by atoms with Crippen molar-refractivity contribution < 1.29 is 273 Å². The van der Waals surface area contributed by atoms with Crippen LogP contribution in [0.15, 0.2) is 202 Å². The number of benzene rings is 8. The number of aliphatic imine (C=N–C) groups is 4. The van der Waals surface area contributed by atoms with Gasteiger partial charge in [-0.05, 0) is 0 Å². The Balaban J connectivity index is 0.000000931. The summed E-state index contributed by atoms with van der Waals surface area (Å²) in [5.74, 6) is 1.85. The summed E-state index contributed by atoms with van der Waals surface area (Å²) in [6.07, 6.45) is 0. The average Bonchev–Trinajstić information content (AvgIpc) is 1.55. The van der Waals surface area contributed by atoms with E-state index in [2.05, 4.69) is 18.2 Å². The van der Waals surface area contributed by atoms with Gasteiger partial charge >= 0.3 is 662 Å². The van der Waals surface area contributed by atoms with Crippen molar-refractivity contribution in [1.29, 1.82) is 0 Å². The fourth-order valence-corrected chi connectivity index (χ4v) is 18.9. The van der Waals surface area contributed by atoms with E-state index in [4.69, 9.17) is 95.4 Å². The Labute approximate surface area is 714 Å². The summed E-state index contributed by atoms with van der Waals surface area (Å²) in [6, 6.07) is 47.5. The van der Waals surface area contributed by atoms with Gasteiger partial charge in [-0.2, -0.15) is 0 Å². The van der Waals surface area contributed by atoms with Crippen LogP contribution < -0.4 is 207 Å². The Hall–Kier alpha value is -3.93. The Morgan fingerprint density at radius 3 is 1.03 bits per heavy atom. The minimum absolute atomic E-state index is 0. The summed E-state index contributed by atoms with van der Waals surface area (Å²) < 4.78 is 216. The van der Waals surface area contributed by atoms with Crippen molar-refractivity contribution in [3.8, 4) is 46.0 Å². The first-order valence-electron chi connectivity index (χ1n) is 25.6. The second-order valence-corrected chi connectivity index (χ2v) is 31.6. The molecule has 30 nitrogen and oxygen atoms in total. The van der Waals surface area contributed by atoms with Crippen LogP contribution in [0.4, 0.5) is 11.6 Å². The van der Waals surface area contributed by atoms with Crippen molar-refractivity contribution in [3.05, 3.63) is 209 Å². The minimum Gasteiger partial charge on any atom is -0.142 e. The maximum atomic E-state index is 13.0. The van der Waals surface area contributed by atoms with Crippen molar-refractivity contribution in [3.63, 3.8) is 0 Å². The van der Waals surface area contributed by atoms with Crippen molar-refractivity contribution >= 4 is 148 Å². The predicted molar refractivity (Wildman–Crippen MR) is 322 cm³/mol. The van der Waals surface area contributed by atoms with Crippen LogP contribution in [-0.2, 0) is 62.2 Å². The Kier molecular flexibility index (Phi) is 31.5. The molecule has 0 unspecified atom stereocenters. The number of halogens is 1. The molecule has 10 aromatic rings. The molecule has 0 saturated carbocycles. The number of nitrogens with zero attached hydrogens (tertiary/aromatic N) is 8. The summed E-state index contributed by atoms with van der Waals surface area (Å²) in [7, 11) is -15.9. The Morgan fingerprint density at radius 2 is 0.670 bits per heavy atom. The first-order valence-corrected chi connectivity index (χ1v) is 40.0. The normalized spacial score (nSPS) is 12.3. The second kappa shape index (κ2) is 36.4. The van der Waals surface area contributed by atoms with E-state index in [1.165, 1.54) is 36.4 Å². The smallest absolute Gasteiger partial charge is 0.142 e. The van der Waals surface area contributed by atoms with Gasteiger partial charge in [0.05, 0.1) is 0 Å². The maximum Gasteiger partial charge on any atom is 1.00 e. The number of ether oxygens (including phenoxy) is 4. The number of hydrogen-bond acceptors (Lipinski definition) is 28. The molecule has 100 heavy (non-hydrogen) atoms. The minimum atomic E-state index is -5.13. The molecular formula is C56H26ClInN8Na6O22S6. The monoisotopic (exact) mass is 1640 g/mol. The topological polar surface area (TPSA) is 446 Å². The van der Waals surface area contributed by atoms with E-state index in [9.17, 15) is 38.9 Å². The van der Waals surface area contributed by atoms with Gasteiger partial charge in [0, 0.05) is 0 Å². The molecule has 14 rings (SSSR count). The zero-order valence-corrected chi connectivity index (χ0v) is 72.9. The molecule has 8 aromatic carbocycles. The molecule has 6 bridgehead atoms. The van der Waals surface area contributed by atoms with Crippen LogP contribution in [0, 0.1) is 18.2 Å². The van der Waals surface area contributed by atoms with Gasteiger partial charge in [-0.25, -0.2) is 16.8 Å². The van der Waals surface area contributed by atoms with Gasteiger partial charge in [0.25, 0.3) is 0 Å². The number of rotatable bonds is 11. The quantitative estimate of drug-likeness (QED) is 0.0659. The standard InChI is InChI=1S/C56H29N8O13S3.ClH.In.6Na.3O3S/c65-78(66,67)34-19-15-32(16-20-34)76-43-27-25-41(74-30-9-3-1-4-10-30)45-47(43)55-61-51-39-24-23-36(80(71,72)73)29-40(39)52(58-51)62-56-48-44(77-33-17-21-35(22-18-33)79(68,69)70)28-26-42(75-31-11-5-2-6-12-31)46(48)54(64-56)60-50-38-14-8-7-13-37(38)49(57-50)59-53(45)63-55;;;;;;;;;3*1-4(2)3/h3-6,8-29H,(H3-2,57,58,59,60,61,62,63,64,65,66,67,68,69,70,71,72,73);1H;;;;;;;;;;/q-5;;+3;6*+1;;;/p-4. The van der Waals surface area contributed by atoms with Crippen molar-refractivity contribution in [1.82, 2.24) is 5.11 Å². The molecule has 6 heterocycles. The molecule has 0 atom stereocenters. The largest absolute Gasteiger partial charge is 1.00 e. The van der Waals surface area contributed by atoms with Crippen LogP contribution in [0.1, 0.15) is 22.3 Å². The van der Waals surface area contributed by atoms with Crippen molar-refractivity contribution in [2.75, 3.05) is 0 Å². The van der Waals surface area contributed by atoms with E-state index in [0.717, 1.165) is 30.3 Å². The summed E-state index contributed by atoms with van der Waals surface area (Å²) in [5, 5.41) is 1.36. The van der Waals surface area contributed by atoms with Gasteiger partial charge in [0.1, 0.15) is 0 Å². The van der Waals surface area contributed by atoms with Gasteiger partial charge in [-0.15, -0.1) is 37.9 Å². The number of fused-ring (bicyclic) bond motifs is 14. The van der Waals surface area contributed by atoms with Gasteiger partial charge in [-0.1, -0.05) is 0 Å². The fourth-order valence-electron chi connectivity index (χ4n) is 9.81. The molecule has 474 valence electrons. The zero-order chi connectivity index (χ0) is 67.1. The molecule has 0 N–H and O–H groups in total. The average molecular weight is 1640 g/mol. The van der Waals surface area contributed by atoms with Gasteiger partial charge in [-0.3, -0.25) is 0 Å². The van der Waals surface area contributed by atoms with Crippen LogP contribution in [0.5, 0.6) is 46.0 Å². The van der Waals surface area contributed by atoms with Crippen molar-refractivity contribution in [2.24, 2.45) is 30.0 Å². The van der Waals surface area contributed by atoms with Crippen molar-refractivity contribution in [2.45, 2.75) is 14.7 Å². The molecular weight excluding hydrogens is 1620 g/mol. The van der Waals surface area contributed by atoms with Crippen LogP contribution in [-0.4, -0.2) is 126 Å². The molecule has 2 aromatic heterocycles. The molecule has 4 aliphatic rings. The van der Waals surface area contributed by atoms with E-state index in [1.807, 2.05) is 0 Å². The summed E-state index contributed by atoms with van der Waals surface area (Å²) >= 11 is -4.69. The van der Waals surface area contributed by atoms with Gasteiger partial charge < -0.3 is 9.11 Å². The van der Waals surface area contributed by atoms with E-state index < -0.39 is 97.7 Å². The fraction of sp³-hybridized carbons (Fsp3) is 0. The number of aromatic nitrogens is 2. The molecule has 44 heteroatoms. The third kappa shape index (κ3) is 19.6. The maximum absolute atomic E-state index is 13.0. The Morgan fingerprint density at radius 1 is 0.360 bits per heavy atom. The van der Waals surface area contributed by atoms with Crippen LogP contribution in [0.3, 0.4) is 0 Å². The number of hydrogen-bond donors (Lipinski definition) is 0. The Bertz CT molecular complexity index is 5770. The molecule has 0 aliphatic carbocycles. The summed E-state index contributed by atoms with van der Waals surface area (Å²) in [6.45, 7) is 0. The van der Waals surface area contributed by atoms with Gasteiger partial charge in [0.15, 0.2) is 0 Å². The van der Waals surface area contributed by atoms with E-state index in [-0.39, 0.29) is 291 Å². The molecule has 0 fully saturated rings. The molecule has 4 aliphatic heterocycles. The molecule has 0 amide bonds. The third-order valence-electron chi connectivity index (χ3n) is 13.4. The predicted octanol–water partition coefficient (Wildman–Crippen LogP) is -12.5. The SMILES string of the molecule is O=S(=O)([O-])c1ccc(Oc2ccc(Oc3cc[c-]cc3)c3c2C2=Nc4c5ccc(S(=O)(=O)[O-])cc5c5[n]4[In]([Cl])[n]4c(c6c[c-]ccc6c4=NC4=NC(=N5)c5c(Oc6ccc(S(=O)(=O)[O-])cc6)ccc(Oc6cc[c-]cc6)c54)=NC3=N2)cc1.O=S(=O)=O.O=S(=O)=O.O=S(=O)=O.[Na+].[Na+].[Na+].[Na+].[Na+].[Na+]. The first-order chi connectivity index (χ1) is 44.6.